The molecule has 0 N–H and O–H groups in total. The van der Waals surface area contributed by atoms with Crippen molar-refractivity contribution in [3.63, 3.8) is 0 Å². The van der Waals surface area contributed by atoms with Crippen molar-refractivity contribution < 1.29 is 35.6 Å². The Morgan fingerprint density at radius 3 is 1.65 bits per heavy atom. The summed E-state index contributed by atoms with van der Waals surface area (Å²) in [5.41, 5.74) is -4.58. The fourth-order valence-electron chi connectivity index (χ4n) is 1.18. The van der Waals surface area contributed by atoms with Crippen LogP contribution >= 0.6 is 0 Å². The first kappa shape index (κ1) is 16.8. The Morgan fingerprint density at radius 1 is 0.941 bits per heavy atom. The van der Waals surface area contributed by atoms with E-state index in [1.54, 1.807) is 0 Å². The van der Waals surface area contributed by atoms with E-state index in [0.29, 0.717) is 0 Å². The van der Waals surface area contributed by atoms with Crippen molar-refractivity contribution in [2.75, 3.05) is 34.5 Å². The van der Waals surface area contributed by atoms with Gasteiger partial charge in [-0.05, 0) is 6.92 Å². The second kappa shape index (κ2) is 6.09. The molecule has 0 atom stereocenters. The summed E-state index contributed by atoms with van der Waals surface area (Å²) in [5.74, 6) is -4.43. The lowest BCUT2D eigenvalue weighted by molar-refractivity contribution is -0.218. The molecule has 0 aromatic rings. The fourth-order valence-corrected chi connectivity index (χ4v) is 2.97. The number of halogens is 4. The topological polar surface area (TPSA) is 36.9 Å². The van der Waals surface area contributed by atoms with E-state index in [1.807, 2.05) is 0 Å². The van der Waals surface area contributed by atoms with Crippen LogP contribution in [0.4, 0.5) is 17.6 Å². The molecular formula is C8H16F4O4Si. The first-order valence-corrected chi connectivity index (χ1v) is 6.46. The van der Waals surface area contributed by atoms with Crippen molar-refractivity contribution in [3.05, 3.63) is 0 Å². The Morgan fingerprint density at radius 2 is 1.35 bits per heavy atom. The Labute approximate surface area is 98.2 Å². The van der Waals surface area contributed by atoms with Crippen LogP contribution in [-0.2, 0) is 18.0 Å². The van der Waals surface area contributed by atoms with Gasteiger partial charge in [0.05, 0.1) is 0 Å². The van der Waals surface area contributed by atoms with E-state index in [9.17, 15) is 17.6 Å². The Hall–Kier alpha value is -0.223. The first-order valence-electron chi connectivity index (χ1n) is 4.73. The molecule has 4 nitrogen and oxygen atoms in total. The molecule has 0 unspecified atom stereocenters. The molecule has 0 aromatic heterocycles. The molecule has 0 saturated heterocycles. The van der Waals surface area contributed by atoms with Gasteiger partial charge in [-0.25, -0.2) is 0 Å². The lowest BCUT2D eigenvalue weighted by atomic mass is 10.4. The van der Waals surface area contributed by atoms with Crippen LogP contribution in [0.3, 0.4) is 0 Å². The van der Waals surface area contributed by atoms with E-state index in [4.69, 9.17) is 0 Å². The average molecular weight is 280 g/mol. The Kier molecular flexibility index (Phi) is 6.01. The summed E-state index contributed by atoms with van der Waals surface area (Å²) in [4.78, 5) is 0. The highest BCUT2D eigenvalue weighted by molar-refractivity contribution is 6.63. The maximum atomic E-state index is 13.7. The summed E-state index contributed by atoms with van der Waals surface area (Å²) in [6.45, 7) is -0.115. The van der Waals surface area contributed by atoms with Gasteiger partial charge in [-0.2, -0.15) is 17.6 Å². The smallest absolute Gasteiger partial charge is 0.375 e. The van der Waals surface area contributed by atoms with Gasteiger partial charge in [0.2, 0.25) is 0 Å². The molecule has 0 bridgehead atoms. The van der Waals surface area contributed by atoms with Gasteiger partial charge < -0.3 is 18.0 Å². The molecule has 0 aliphatic carbocycles. The summed E-state index contributed by atoms with van der Waals surface area (Å²) in [6.07, 6.45) is 0. The average Bonchev–Trinajstić information content (AvgIpc) is 2.29. The summed E-state index contributed by atoms with van der Waals surface area (Å²) in [7, 11) is -2.28. The van der Waals surface area contributed by atoms with Gasteiger partial charge in [0.15, 0.2) is 0 Å². The molecular weight excluding hydrogens is 264 g/mol. The van der Waals surface area contributed by atoms with Gasteiger partial charge in [0, 0.05) is 27.9 Å². The van der Waals surface area contributed by atoms with E-state index < -0.39 is 26.9 Å². The molecule has 0 amide bonds. The van der Waals surface area contributed by atoms with Gasteiger partial charge >= 0.3 is 20.3 Å². The minimum absolute atomic E-state index is 0.104. The lowest BCUT2D eigenvalue weighted by Crippen LogP contribution is -2.67. The minimum Gasteiger partial charge on any atom is -0.375 e. The third-order valence-electron chi connectivity index (χ3n) is 2.14. The number of rotatable bonds is 8. The summed E-state index contributed by atoms with van der Waals surface area (Å²) in [6, 6.07) is 0. The molecule has 0 rings (SSSR count). The third-order valence-corrected chi connectivity index (χ3v) is 4.88. The van der Waals surface area contributed by atoms with Crippen LogP contribution in [0.15, 0.2) is 0 Å². The van der Waals surface area contributed by atoms with Crippen LogP contribution < -0.4 is 0 Å². The van der Waals surface area contributed by atoms with Crippen LogP contribution in [0.2, 0.25) is 0 Å². The van der Waals surface area contributed by atoms with Gasteiger partial charge in [0.25, 0.3) is 0 Å². The van der Waals surface area contributed by atoms with Crippen molar-refractivity contribution >= 4 is 8.80 Å². The monoisotopic (exact) mass is 280 g/mol. The number of hydrogen-bond donors (Lipinski definition) is 0. The molecule has 0 saturated carbocycles. The second-order valence-electron chi connectivity index (χ2n) is 3.08. The molecule has 0 radical (unpaired) electrons. The van der Waals surface area contributed by atoms with Crippen molar-refractivity contribution in [2.24, 2.45) is 0 Å². The standard InChI is InChI=1S/C8H16F4O4Si/c1-5-16-6-7(9,10)8(11,12)17(13-2,14-3)15-4/h5-6H2,1-4H3. The zero-order valence-electron chi connectivity index (χ0n) is 10.1. The van der Waals surface area contributed by atoms with Crippen molar-refractivity contribution in [3.8, 4) is 0 Å². The molecule has 0 spiro atoms. The molecule has 9 heteroatoms. The second-order valence-corrected chi connectivity index (χ2v) is 6.05. The first-order chi connectivity index (χ1) is 7.74. The van der Waals surface area contributed by atoms with Crippen LogP contribution in [0.5, 0.6) is 0 Å². The van der Waals surface area contributed by atoms with Gasteiger partial charge in [-0.15, -0.1) is 0 Å². The van der Waals surface area contributed by atoms with Crippen LogP contribution in [0.25, 0.3) is 0 Å². The maximum absolute atomic E-state index is 13.7. The van der Waals surface area contributed by atoms with Crippen molar-refractivity contribution in [2.45, 2.75) is 18.4 Å². The molecule has 0 aliphatic rings. The molecule has 0 heterocycles. The normalized spacial score (nSPS) is 14.1. The van der Waals surface area contributed by atoms with E-state index >= 15 is 0 Å². The zero-order chi connectivity index (χ0) is 13.7. The highest BCUT2D eigenvalue weighted by Gasteiger charge is 2.76. The Balaban J connectivity index is 5.18. The number of alkyl halides is 4. The highest BCUT2D eigenvalue weighted by atomic mass is 28.4. The minimum atomic E-state index is -4.79. The summed E-state index contributed by atoms with van der Waals surface area (Å²) < 4.78 is 71.6. The highest BCUT2D eigenvalue weighted by Crippen LogP contribution is 2.42. The summed E-state index contributed by atoms with van der Waals surface area (Å²) in [5, 5.41) is 0. The van der Waals surface area contributed by atoms with E-state index in [-0.39, 0.29) is 6.61 Å². The van der Waals surface area contributed by atoms with Crippen LogP contribution in [0.1, 0.15) is 6.92 Å². The summed E-state index contributed by atoms with van der Waals surface area (Å²) >= 11 is 0. The predicted molar refractivity (Wildman–Crippen MR) is 53.2 cm³/mol. The molecule has 104 valence electrons. The Bertz CT molecular complexity index is 227. The largest absolute Gasteiger partial charge is 0.581 e. The van der Waals surface area contributed by atoms with E-state index in [1.165, 1.54) is 6.92 Å². The SMILES string of the molecule is CCOCC(F)(F)C(F)(F)[Si](OC)(OC)OC. The molecule has 0 aliphatic heterocycles. The third kappa shape index (κ3) is 2.97. The molecule has 0 aromatic carbocycles. The van der Waals surface area contributed by atoms with E-state index in [0.717, 1.165) is 21.3 Å². The number of ether oxygens (including phenoxy) is 1. The quantitative estimate of drug-likeness (QED) is 0.501. The van der Waals surface area contributed by atoms with Crippen LogP contribution in [-0.4, -0.2) is 54.8 Å². The van der Waals surface area contributed by atoms with Gasteiger partial charge in [0.1, 0.15) is 6.61 Å². The maximum Gasteiger partial charge on any atom is 0.581 e. The van der Waals surface area contributed by atoms with Crippen molar-refractivity contribution in [1.29, 1.82) is 0 Å². The zero-order valence-corrected chi connectivity index (χ0v) is 11.1. The van der Waals surface area contributed by atoms with Crippen LogP contribution in [0, 0.1) is 0 Å². The predicted octanol–water partition coefficient (Wildman–Crippen LogP) is 1.71. The lowest BCUT2D eigenvalue weighted by Gasteiger charge is -2.35. The van der Waals surface area contributed by atoms with E-state index in [2.05, 4.69) is 18.0 Å². The molecule has 17 heavy (non-hydrogen) atoms. The number of hydrogen-bond acceptors (Lipinski definition) is 4. The molecule has 0 fully saturated rings. The van der Waals surface area contributed by atoms with Gasteiger partial charge in [-0.3, -0.25) is 0 Å². The fraction of sp³-hybridized carbons (Fsp3) is 1.00. The van der Waals surface area contributed by atoms with Crippen molar-refractivity contribution in [1.82, 2.24) is 0 Å². The van der Waals surface area contributed by atoms with Gasteiger partial charge in [-0.1, -0.05) is 0 Å².